The van der Waals surface area contributed by atoms with Gasteiger partial charge in [0.2, 0.25) is 10.0 Å². The molecule has 1 aromatic carbocycles. The lowest BCUT2D eigenvalue weighted by Gasteiger charge is -2.17. The second-order valence-electron chi connectivity index (χ2n) is 4.94. The van der Waals surface area contributed by atoms with E-state index in [-0.39, 0.29) is 28.0 Å². The third-order valence-corrected chi connectivity index (χ3v) is 4.52. The summed E-state index contributed by atoms with van der Waals surface area (Å²) in [6, 6.07) is 2.74. The molecule has 0 heterocycles. The van der Waals surface area contributed by atoms with Crippen molar-refractivity contribution in [3.8, 4) is 5.75 Å². The number of carboxylic acids is 1. The van der Waals surface area contributed by atoms with Gasteiger partial charge < -0.3 is 9.84 Å². The van der Waals surface area contributed by atoms with Gasteiger partial charge in [0.05, 0.1) is 17.0 Å². The van der Waals surface area contributed by atoms with Crippen molar-refractivity contribution in [3.05, 3.63) is 23.2 Å². The molecule has 8 heteroatoms. The van der Waals surface area contributed by atoms with Gasteiger partial charge >= 0.3 is 5.97 Å². The monoisotopic (exact) mass is 335 g/mol. The molecule has 1 rings (SSSR count). The quantitative estimate of drug-likeness (QED) is 0.796. The zero-order valence-corrected chi connectivity index (χ0v) is 13.5. The van der Waals surface area contributed by atoms with Crippen LogP contribution < -0.4 is 9.46 Å². The average Bonchev–Trinajstić information content (AvgIpc) is 2.37. The van der Waals surface area contributed by atoms with E-state index in [2.05, 4.69) is 4.72 Å². The highest BCUT2D eigenvalue weighted by molar-refractivity contribution is 7.89. The SMILES string of the molecule is COc1cc(S(=O)(=O)N[C@@H](CC(C)C)C(=O)O)ccc1Cl. The number of ether oxygens (including phenoxy) is 1. The van der Waals surface area contributed by atoms with Gasteiger partial charge in [0.1, 0.15) is 11.8 Å². The second-order valence-corrected chi connectivity index (χ2v) is 7.06. The van der Waals surface area contributed by atoms with Crippen LogP contribution in [-0.4, -0.2) is 32.6 Å². The molecule has 6 nitrogen and oxygen atoms in total. The number of carbonyl (C=O) groups is 1. The summed E-state index contributed by atoms with van der Waals surface area (Å²) in [5.41, 5.74) is 0. The number of sulfonamides is 1. The molecule has 118 valence electrons. The van der Waals surface area contributed by atoms with Crippen LogP contribution in [-0.2, 0) is 14.8 Å². The first-order valence-corrected chi connectivity index (χ1v) is 8.12. The van der Waals surface area contributed by atoms with Crippen molar-refractivity contribution in [2.45, 2.75) is 31.2 Å². The van der Waals surface area contributed by atoms with Crippen LogP contribution in [0.15, 0.2) is 23.1 Å². The minimum Gasteiger partial charge on any atom is -0.495 e. The zero-order valence-electron chi connectivity index (χ0n) is 12.0. The van der Waals surface area contributed by atoms with Crippen molar-refractivity contribution >= 4 is 27.6 Å². The van der Waals surface area contributed by atoms with Crippen LogP contribution in [0.3, 0.4) is 0 Å². The Morgan fingerprint density at radius 2 is 2.05 bits per heavy atom. The van der Waals surface area contributed by atoms with Gasteiger partial charge in [-0.15, -0.1) is 0 Å². The number of aliphatic carboxylic acids is 1. The highest BCUT2D eigenvalue weighted by Gasteiger charge is 2.26. The topological polar surface area (TPSA) is 92.7 Å². The summed E-state index contributed by atoms with van der Waals surface area (Å²) in [7, 11) is -2.60. The number of hydrogen-bond acceptors (Lipinski definition) is 4. The fourth-order valence-electron chi connectivity index (χ4n) is 1.73. The van der Waals surface area contributed by atoms with Crippen LogP contribution in [0.25, 0.3) is 0 Å². The van der Waals surface area contributed by atoms with Crippen LogP contribution in [0, 0.1) is 5.92 Å². The highest BCUT2D eigenvalue weighted by atomic mass is 35.5. The fraction of sp³-hybridized carbons (Fsp3) is 0.462. The molecule has 0 radical (unpaired) electrons. The van der Waals surface area contributed by atoms with Gasteiger partial charge in [-0.25, -0.2) is 8.42 Å². The van der Waals surface area contributed by atoms with E-state index in [4.69, 9.17) is 21.4 Å². The number of carboxylic acid groups (broad SMARTS) is 1. The van der Waals surface area contributed by atoms with E-state index in [0.29, 0.717) is 0 Å². The summed E-state index contributed by atoms with van der Waals surface area (Å²) in [4.78, 5) is 11.1. The predicted molar refractivity (Wildman–Crippen MR) is 79.2 cm³/mol. The maximum Gasteiger partial charge on any atom is 0.321 e. The Bertz CT molecular complexity index is 615. The minimum atomic E-state index is -3.97. The van der Waals surface area contributed by atoms with E-state index in [0.717, 1.165) is 0 Å². The third kappa shape index (κ3) is 4.87. The normalized spacial score (nSPS) is 13.2. The molecule has 0 saturated heterocycles. The maximum atomic E-state index is 12.2. The van der Waals surface area contributed by atoms with Crippen LogP contribution in [0.1, 0.15) is 20.3 Å². The summed E-state index contributed by atoms with van der Waals surface area (Å²) >= 11 is 5.84. The number of benzene rings is 1. The lowest BCUT2D eigenvalue weighted by Crippen LogP contribution is -2.41. The van der Waals surface area contributed by atoms with Crippen molar-refractivity contribution in [1.82, 2.24) is 4.72 Å². The van der Waals surface area contributed by atoms with Crippen molar-refractivity contribution in [2.24, 2.45) is 5.92 Å². The van der Waals surface area contributed by atoms with Gasteiger partial charge in [-0.05, 0) is 24.5 Å². The van der Waals surface area contributed by atoms with Gasteiger partial charge in [-0.3, -0.25) is 4.79 Å². The molecule has 0 amide bonds. The number of hydrogen-bond donors (Lipinski definition) is 2. The molecule has 1 atom stereocenters. The van der Waals surface area contributed by atoms with E-state index < -0.39 is 22.0 Å². The first-order valence-electron chi connectivity index (χ1n) is 6.26. The molecule has 21 heavy (non-hydrogen) atoms. The number of methoxy groups -OCH3 is 1. The Hall–Kier alpha value is -1.31. The largest absolute Gasteiger partial charge is 0.495 e. The summed E-state index contributed by atoms with van der Waals surface area (Å²) in [6.45, 7) is 3.63. The Labute approximate surface area is 129 Å². The predicted octanol–water partition coefficient (Wildman–Crippen LogP) is 2.13. The third-order valence-electron chi connectivity index (χ3n) is 2.74. The van der Waals surface area contributed by atoms with Crippen LogP contribution in [0.5, 0.6) is 5.75 Å². The van der Waals surface area contributed by atoms with Gasteiger partial charge in [0.25, 0.3) is 0 Å². The van der Waals surface area contributed by atoms with Crippen molar-refractivity contribution < 1.29 is 23.1 Å². The van der Waals surface area contributed by atoms with E-state index >= 15 is 0 Å². The summed E-state index contributed by atoms with van der Waals surface area (Å²) in [5.74, 6) is -0.975. The molecule has 0 fully saturated rings. The minimum absolute atomic E-state index is 0.0357. The highest BCUT2D eigenvalue weighted by Crippen LogP contribution is 2.27. The first kappa shape index (κ1) is 17.7. The van der Waals surface area contributed by atoms with Crippen molar-refractivity contribution in [1.29, 1.82) is 0 Å². The van der Waals surface area contributed by atoms with Crippen LogP contribution in [0.4, 0.5) is 0 Å². The number of rotatable bonds is 7. The van der Waals surface area contributed by atoms with Crippen molar-refractivity contribution in [3.63, 3.8) is 0 Å². The summed E-state index contributed by atoms with van der Waals surface area (Å²) < 4.78 is 31.6. The lowest BCUT2D eigenvalue weighted by molar-refractivity contribution is -0.139. The summed E-state index contributed by atoms with van der Waals surface area (Å²) in [6.07, 6.45) is 0.194. The molecule has 0 aliphatic carbocycles. The fourth-order valence-corrected chi connectivity index (χ4v) is 3.15. The van der Waals surface area contributed by atoms with Gasteiger partial charge in [-0.1, -0.05) is 25.4 Å². The Morgan fingerprint density at radius 1 is 1.43 bits per heavy atom. The molecule has 2 N–H and O–H groups in total. The molecule has 0 unspecified atom stereocenters. The Balaban J connectivity index is 3.07. The molecule has 0 aliphatic heterocycles. The first-order chi connectivity index (χ1) is 9.67. The van der Waals surface area contributed by atoms with Crippen LogP contribution >= 0.6 is 11.6 Å². The van der Waals surface area contributed by atoms with Gasteiger partial charge in [0, 0.05) is 6.07 Å². The number of halogens is 1. The molecule has 0 saturated carbocycles. The molecule has 0 aromatic heterocycles. The lowest BCUT2D eigenvalue weighted by atomic mass is 10.1. The smallest absolute Gasteiger partial charge is 0.321 e. The van der Waals surface area contributed by atoms with E-state index in [1.807, 2.05) is 13.8 Å². The second kappa shape index (κ2) is 7.11. The molecule has 0 spiro atoms. The standard InChI is InChI=1S/C13H18ClNO5S/c1-8(2)6-11(13(16)17)15-21(18,19)9-4-5-10(14)12(7-9)20-3/h4-5,7-8,11,15H,6H2,1-3H3,(H,16,17)/t11-/m0/s1. The maximum absolute atomic E-state index is 12.2. The van der Waals surface area contributed by atoms with E-state index in [9.17, 15) is 13.2 Å². The molecule has 0 aliphatic rings. The summed E-state index contributed by atoms with van der Waals surface area (Å²) in [5, 5.41) is 9.38. The van der Waals surface area contributed by atoms with E-state index in [1.54, 1.807) is 0 Å². The average molecular weight is 336 g/mol. The zero-order chi connectivity index (χ0) is 16.2. The Morgan fingerprint density at radius 3 is 2.52 bits per heavy atom. The molecular weight excluding hydrogens is 318 g/mol. The molecular formula is C13H18ClNO5S. The van der Waals surface area contributed by atoms with Gasteiger partial charge in [0.15, 0.2) is 0 Å². The Kier molecular flexibility index (Phi) is 6.00. The number of nitrogens with one attached hydrogen (secondary N) is 1. The molecule has 0 bridgehead atoms. The van der Waals surface area contributed by atoms with E-state index in [1.165, 1.54) is 25.3 Å². The van der Waals surface area contributed by atoms with Gasteiger partial charge in [-0.2, -0.15) is 4.72 Å². The van der Waals surface area contributed by atoms with Crippen molar-refractivity contribution in [2.75, 3.05) is 7.11 Å². The van der Waals surface area contributed by atoms with Crippen LogP contribution in [0.2, 0.25) is 5.02 Å². The molecule has 1 aromatic rings.